The van der Waals surface area contributed by atoms with Crippen molar-refractivity contribution in [3.8, 4) is 5.75 Å². The number of aryl methyl sites for hydroxylation is 1. The summed E-state index contributed by atoms with van der Waals surface area (Å²) in [5, 5.41) is 0. The molecule has 1 fully saturated rings. The Hall–Kier alpha value is -3.07. The molecule has 0 radical (unpaired) electrons. The molecule has 0 unspecified atom stereocenters. The van der Waals surface area contributed by atoms with Crippen LogP contribution in [-0.2, 0) is 19.6 Å². The molecule has 0 atom stereocenters. The Labute approximate surface area is 188 Å². The van der Waals surface area contributed by atoms with Gasteiger partial charge >= 0.3 is 5.97 Å². The molecule has 172 valence electrons. The normalized spacial score (nSPS) is 14.7. The third-order valence-corrected chi connectivity index (χ3v) is 6.86. The number of nitrogens with one attached hydrogen (secondary N) is 1. The second-order valence-electron chi connectivity index (χ2n) is 7.98. The summed E-state index contributed by atoms with van der Waals surface area (Å²) in [4.78, 5) is 26.3. The predicted molar refractivity (Wildman–Crippen MR) is 120 cm³/mol. The van der Waals surface area contributed by atoms with Crippen molar-refractivity contribution in [2.45, 2.75) is 31.6 Å². The highest BCUT2D eigenvalue weighted by atomic mass is 32.2. The number of carbonyl (C=O) groups is 2. The maximum Gasteiger partial charge on any atom is 0.338 e. The Kier molecular flexibility index (Phi) is 7.40. The van der Waals surface area contributed by atoms with Crippen molar-refractivity contribution in [2.24, 2.45) is 5.92 Å². The summed E-state index contributed by atoms with van der Waals surface area (Å²) in [5.41, 5.74) is 1.38. The first-order valence-corrected chi connectivity index (χ1v) is 11.9. The number of likely N-dealkylation sites (tertiary alicyclic amines) is 1. The number of hydrogen-bond donors (Lipinski definition) is 1. The van der Waals surface area contributed by atoms with Gasteiger partial charge in [0.05, 0.1) is 12.7 Å². The number of rotatable bonds is 7. The van der Waals surface area contributed by atoms with E-state index in [2.05, 4.69) is 11.6 Å². The smallest absolute Gasteiger partial charge is 0.338 e. The number of amides is 1. The fourth-order valence-electron chi connectivity index (χ4n) is 3.41. The number of methoxy groups -OCH3 is 1. The van der Waals surface area contributed by atoms with Crippen molar-refractivity contribution in [1.29, 1.82) is 0 Å². The Balaban J connectivity index is 1.72. The highest BCUT2D eigenvalue weighted by Gasteiger charge is 2.24. The van der Waals surface area contributed by atoms with Gasteiger partial charge in [-0.25, -0.2) is 13.2 Å². The molecule has 9 heteroatoms. The molecule has 2 aromatic rings. The van der Waals surface area contributed by atoms with Crippen LogP contribution in [0.15, 0.2) is 47.4 Å². The minimum absolute atomic E-state index is 0.00940. The van der Waals surface area contributed by atoms with E-state index in [1.807, 2.05) is 6.92 Å². The van der Waals surface area contributed by atoms with E-state index in [9.17, 15) is 18.0 Å². The van der Waals surface area contributed by atoms with Crippen LogP contribution in [0.5, 0.6) is 5.75 Å². The van der Waals surface area contributed by atoms with Gasteiger partial charge < -0.3 is 14.4 Å². The molecule has 0 aliphatic carbocycles. The lowest BCUT2D eigenvalue weighted by atomic mass is 9.99. The summed E-state index contributed by atoms with van der Waals surface area (Å²) in [6.45, 7) is 4.95. The number of sulfonamides is 1. The molecule has 1 saturated heterocycles. The van der Waals surface area contributed by atoms with Gasteiger partial charge in [-0.05, 0) is 56.0 Å². The Bertz CT molecular complexity index is 1070. The van der Waals surface area contributed by atoms with Gasteiger partial charge in [0.1, 0.15) is 10.6 Å². The average Bonchev–Trinajstić information content (AvgIpc) is 2.78. The number of carbonyl (C=O) groups excluding carboxylic acids is 2. The Morgan fingerprint density at radius 2 is 1.75 bits per heavy atom. The van der Waals surface area contributed by atoms with Gasteiger partial charge in [0.25, 0.3) is 15.9 Å². The first-order valence-electron chi connectivity index (χ1n) is 10.4. The van der Waals surface area contributed by atoms with Crippen LogP contribution in [-0.4, -0.2) is 52.0 Å². The van der Waals surface area contributed by atoms with Gasteiger partial charge in [-0.1, -0.05) is 24.6 Å². The number of anilines is 1. The molecule has 2 aromatic carbocycles. The monoisotopic (exact) mass is 460 g/mol. The zero-order chi connectivity index (χ0) is 23.3. The standard InChI is InChI=1S/C23H28N2O6S/c1-16-4-7-19(8-5-16)24-32(28,29)21-14-18(6-9-20(21)30-3)23(27)31-15-22(26)25-12-10-17(2)11-13-25/h4-9,14,17,24H,10-13,15H2,1-3H3. The number of piperidine rings is 1. The number of hydrogen-bond acceptors (Lipinski definition) is 6. The Morgan fingerprint density at radius 3 is 2.38 bits per heavy atom. The molecular weight excluding hydrogens is 432 g/mol. The van der Waals surface area contributed by atoms with E-state index in [1.165, 1.54) is 25.3 Å². The van der Waals surface area contributed by atoms with Crippen LogP contribution in [0.4, 0.5) is 5.69 Å². The van der Waals surface area contributed by atoms with Crippen LogP contribution < -0.4 is 9.46 Å². The molecular formula is C23H28N2O6S. The van der Waals surface area contributed by atoms with Crippen molar-refractivity contribution in [3.63, 3.8) is 0 Å². The van der Waals surface area contributed by atoms with Crippen LogP contribution in [0.25, 0.3) is 0 Å². The maximum atomic E-state index is 12.9. The molecule has 1 heterocycles. The van der Waals surface area contributed by atoms with Crippen LogP contribution in [0.3, 0.4) is 0 Å². The van der Waals surface area contributed by atoms with E-state index in [1.54, 1.807) is 29.2 Å². The molecule has 0 spiro atoms. The number of ether oxygens (including phenoxy) is 2. The molecule has 32 heavy (non-hydrogen) atoms. The van der Waals surface area contributed by atoms with Gasteiger partial charge in [-0.15, -0.1) is 0 Å². The van der Waals surface area contributed by atoms with Crippen LogP contribution >= 0.6 is 0 Å². The van der Waals surface area contributed by atoms with E-state index in [0.717, 1.165) is 18.4 Å². The quantitative estimate of drug-likeness (QED) is 0.637. The van der Waals surface area contributed by atoms with Gasteiger partial charge in [-0.3, -0.25) is 9.52 Å². The summed E-state index contributed by atoms with van der Waals surface area (Å²) in [5.74, 6) is -0.375. The minimum atomic E-state index is -4.04. The highest BCUT2D eigenvalue weighted by Crippen LogP contribution is 2.27. The highest BCUT2D eigenvalue weighted by molar-refractivity contribution is 7.92. The van der Waals surface area contributed by atoms with Crippen LogP contribution in [0, 0.1) is 12.8 Å². The first kappa shape index (κ1) is 23.6. The molecule has 8 nitrogen and oxygen atoms in total. The zero-order valence-electron chi connectivity index (χ0n) is 18.5. The lowest BCUT2D eigenvalue weighted by Gasteiger charge is -2.30. The molecule has 0 bridgehead atoms. The average molecular weight is 461 g/mol. The van der Waals surface area contributed by atoms with E-state index >= 15 is 0 Å². The predicted octanol–water partition coefficient (Wildman–Crippen LogP) is 3.22. The fraction of sp³-hybridized carbons (Fsp3) is 0.391. The van der Waals surface area contributed by atoms with Gasteiger partial charge in [-0.2, -0.15) is 0 Å². The summed E-state index contributed by atoms with van der Waals surface area (Å²) in [6.07, 6.45) is 1.85. The third kappa shape index (κ3) is 5.79. The zero-order valence-corrected chi connectivity index (χ0v) is 19.3. The van der Waals surface area contributed by atoms with Crippen LogP contribution in [0.2, 0.25) is 0 Å². The van der Waals surface area contributed by atoms with Crippen molar-refractivity contribution in [3.05, 3.63) is 53.6 Å². The summed E-state index contributed by atoms with van der Waals surface area (Å²) in [6, 6.07) is 10.8. The minimum Gasteiger partial charge on any atom is -0.495 e. The van der Waals surface area contributed by atoms with E-state index < -0.39 is 16.0 Å². The van der Waals surface area contributed by atoms with Gasteiger partial charge in [0.2, 0.25) is 0 Å². The summed E-state index contributed by atoms with van der Waals surface area (Å²) in [7, 11) is -2.69. The van der Waals surface area contributed by atoms with Crippen molar-refractivity contribution in [2.75, 3.05) is 31.5 Å². The number of nitrogens with zero attached hydrogens (tertiary/aromatic N) is 1. The topological polar surface area (TPSA) is 102 Å². The SMILES string of the molecule is COc1ccc(C(=O)OCC(=O)N2CCC(C)CC2)cc1S(=O)(=O)Nc1ccc(C)cc1. The number of esters is 1. The molecule has 1 N–H and O–H groups in total. The summed E-state index contributed by atoms with van der Waals surface area (Å²) < 4.78 is 38.7. The van der Waals surface area contributed by atoms with E-state index in [-0.39, 0.29) is 28.7 Å². The van der Waals surface area contributed by atoms with Crippen LogP contribution in [0.1, 0.15) is 35.7 Å². The van der Waals surface area contributed by atoms with Crippen molar-refractivity contribution >= 4 is 27.6 Å². The number of benzene rings is 2. The van der Waals surface area contributed by atoms with Gasteiger partial charge in [0, 0.05) is 18.8 Å². The van der Waals surface area contributed by atoms with E-state index in [0.29, 0.717) is 24.7 Å². The van der Waals surface area contributed by atoms with E-state index in [4.69, 9.17) is 9.47 Å². The molecule has 0 saturated carbocycles. The molecule has 1 aliphatic rings. The second-order valence-corrected chi connectivity index (χ2v) is 9.63. The van der Waals surface area contributed by atoms with Crippen molar-refractivity contribution < 1.29 is 27.5 Å². The molecule has 1 aliphatic heterocycles. The first-order chi connectivity index (χ1) is 15.2. The van der Waals surface area contributed by atoms with Crippen molar-refractivity contribution in [1.82, 2.24) is 4.90 Å². The largest absolute Gasteiger partial charge is 0.495 e. The fourth-order valence-corrected chi connectivity index (χ4v) is 4.66. The second kappa shape index (κ2) is 10.0. The molecule has 3 rings (SSSR count). The lowest BCUT2D eigenvalue weighted by Crippen LogP contribution is -2.40. The maximum absolute atomic E-state index is 12.9. The molecule has 1 amide bonds. The lowest BCUT2D eigenvalue weighted by molar-refractivity contribution is -0.135. The molecule has 0 aromatic heterocycles. The summed E-state index contributed by atoms with van der Waals surface area (Å²) >= 11 is 0. The Morgan fingerprint density at radius 1 is 1.09 bits per heavy atom. The van der Waals surface area contributed by atoms with Gasteiger partial charge in [0.15, 0.2) is 6.61 Å². The third-order valence-electron chi connectivity index (χ3n) is 5.46.